The van der Waals surface area contributed by atoms with E-state index in [0.717, 1.165) is 4.90 Å². The third-order valence-electron chi connectivity index (χ3n) is 4.81. The smallest absolute Gasteiger partial charge is 0.330 e. The first-order valence-electron chi connectivity index (χ1n) is 8.83. The molecule has 30 heavy (non-hydrogen) atoms. The topological polar surface area (TPSA) is 79.6 Å². The number of nitrogens with zero attached hydrogens (tertiary/aromatic N) is 4. The van der Waals surface area contributed by atoms with Gasteiger partial charge in [-0.1, -0.05) is 29.5 Å². The minimum atomic E-state index is -4.89. The van der Waals surface area contributed by atoms with Gasteiger partial charge in [-0.2, -0.15) is 17.7 Å². The number of para-hydroxylation sites is 1. The van der Waals surface area contributed by atoms with E-state index in [9.17, 15) is 22.8 Å². The van der Waals surface area contributed by atoms with Gasteiger partial charge in [-0.05, 0) is 35.4 Å². The fourth-order valence-electron chi connectivity index (χ4n) is 3.42. The lowest BCUT2D eigenvalue weighted by Crippen LogP contribution is -2.37. The molecule has 1 amide bonds. The number of benzene rings is 2. The number of alkyl halides is 3. The van der Waals surface area contributed by atoms with Gasteiger partial charge in [-0.15, -0.1) is 5.10 Å². The molecule has 2 aromatic heterocycles. The molecule has 0 bridgehead atoms. The minimum Gasteiger partial charge on any atom is -0.330 e. The van der Waals surface area contributed by atoms with Crippen LogP contribution >= 0.6 is 11.3 Å². The second-order valence-corrected chi connectivity index (χ2v) is 7.76. The molecule has 7 nitrogen and oxygen atoms in total. The van der Waals surface area contributed by atoms with Crippen LogP contribution in [-0.2, 0) is 17.9 Å². The standard InChI is InChI=1S/C19H12F3N5O2S/c20-19(21,22)16(29)26-8-10-5-6-12(7-11(10)9-26)23-17-25-27-15(28)13-3-1-2-4-14(13)24-18(27)30-17/h1-7H,8-9H2,(H,23,25). The van der Waals surface area contributed by atoms with Gasteiger partial charge in [0.1, 0.15) is 0 Å². The van der Waals surface area contributed by atoms with E-state index < -0.39 is 12.1 Å². The molecule has 3 heterocycles. The van der Waals surface area contributed by atoms with Crippen molar-refractivity contribution in [2.45, 2.75) is 19.3 Å². The van der Waals surface area contributed by atoms with Crippen molar-refractivity contribution in [3.63, 3.8) is 0 Å². The van der Waals surface area contributed by atoms with Crippen molar-refractivity contribution in [3.05, 3.63) is 63.9 Å². The van der Waals surface area contributed by atoms with Crippen LogP contribution in [0.15, 0.2) is 47.3 Å². The molecular weight excluding hydrogens is 419 g/mol. The van der Waals surface area contributed by atoms with Crippen LogP contribution in [0.3, 0.4) is 0 Å². The van der Waals surface area contributed by atoms with E-state index in [1.54, 1.807) is 42.5 Å². The summed E-state index contributed by atoms with van der Waals surface area (Å²) < 4.78 is 39.3. The Bertz CT molecular complexity index is 1380. The second-order valence-electron chi connectivity index (χ2n) is 6.80. The molecule has 0 aliphatic carbocycles. The van der Waals surface area contributed by atoms with Crippen molar-refractivity contribution < 1.29 is 18.0 Å². The molecule has 1 N–H and O–H groups in total. The summed E-state index contributed by atoms with van der Waals surface area (Å²) in [5.41, 5.74) is 2.16. The molecular formula is C19H12F3N5O2S. The summed E-state index contributed by atoms with van der Waals surface area (Å²) in [6.45, 7) is -0.198. The number of halogens is 3. The zero-order chi connectivity index (χ0) is 21.0. The molecule has 2 aromatic carbocycles. The molecule has 0 fully saturated rings. The minimum absolute atomic E-state index is 0.0823. The summed E-state index contributed by atoms with van der Waals surface area (Å²) in [6.07, 6.45) is -4.89. The summed E-state index contributed by atoms with van der Waals surface area (Å²) in [5, 5.41) is 8.19. The van der Waals surface area contributed by atoms with Crippen molar-refractivity contribution in [2.24, 2.45) is 0 Å². The van der Waals surface area contributed by atoms with Gasteiger partial charge in [0.15, 0.2) is 0 Å². The lowest BCUT2D eigenvalue weighted by Gasteiger charge is -2.16. The Morgan fingerprint density at radius 1 is 1.10 bits per heavy atom. The van der Waals surface area contributed by atoms with Gasteiger partial charge in [-0.3, -0.25) is 9.59 Å². The van der Waals surface area contributed by atoms with Crippen LogP contribution in [0.1, 0.15) is 11.1 Å². The average molecular weight is 431 g/mol. The van der Waals surface area contributed by atoms with Crippen molar-refractivity contribution in [1.82, 2.24) is 19.5 Å². The number of carbonyl (C=O) groups excluding carboxylic acids is 1. The maximum atomic E-state index is 12.7. The lowest BCUT2D eigenvalue weighted by atomic mass is 10.1. The monoisotopic (exact) mass is 431 g/mol. The fraction of sp³-hybridized carbons (Fsp3) is 0.158. The van der Waals surface area contributed by atoms with Gasteiger partial charge < -0.3 is 10.2 Å². The Morgan fingerprint density at radius 3 is 2.67 bits per heavy atom. The Balaban J connectivity index is 1.43. The first kappa shape index (κ1) is 18.6. The Labute approximate surface area is 170 Å². The molecule has 0 saturated heterocycles. The first-order valence-corrected chi connectivity index (χ1v) is 9.65. The van der Waals surface area contributed by atoms with Crippen LogP contribution < -0.4 is 10.9 Å². The van der Waals surface area contributed by atoms with E-state index in [4.69, 9.17) is 0 Å². The highest BCUT2D eigenvalue weighted by Crippen LogP contribution is 2.31. The number of aromatic nitrogens is 3. The van der Waals surface area contributed by atoms with Gasteiger partial charge in [0.2, 0.25) is 10.1 Å². The van der Waals surface area contributed by atoms with E-state index in [-0.39, 0.29) is 18.6 Å². The van der Waals surface area contributed by atoms with Crippen LogP contribution in [0.2, 0.25) is 0 Å². The van der Waals surface area contributed by atoms with E-state index in [1.165, 1.54) is 15.9 Å². The highest BCUT2D eigenvalue weighted by Gasteiger charge is 2.44. The molecule has 1 aliphatic rings. The zero-order valence-electron chi connectivity index (χ0n) is 15.1. The highest BCUT2D eigenvalue weighted by atomic mass is 32.1. The normalized spacial score (nSPS) is 13.8. The molecule has 5 rings (SSSR count). The number of amides is 1. The third-order valence-corrected chi connectivity index (χ3v) is 5.64. The summed E-state index contributed by atoms with van der Waals surface area (Å²) >= 11 is 1.18. The fourth-order valence-corrected chi connectivity index (χ4v) is 4.24. The molecule has 1 aliphatic heterocycles. The van der Waals surface area contributed by atoms with Gasteiger partial charge in [0.05, 0.1) is 10.9 Å². The zero-order valence-corrected chi connectivity index (χ0v) is 15.9. The van der Waals surface area contributed by atoms with Crippen LogP contribution in [0.4, 0.5) is 24.0 Å². The number of rotatable bonds is 2. The Kier molecular flexibility index (Phi) is 4.03. The van der Waals surface area contributed by atoms with E-state index in [1.807, 2.05) is 0 Å². The third kappa shape index (κ3) is 3.07. The number of fused-ring (bicyclic) bond motifs is 3. The number of nitrogens with one attached hydrogen (secondary N) is 1. The number of anilines is 2. The summed E-state index contributed by atoms with van der Waals surface area (Å²) in [5.74, 6) is -1.85. The highest BCUT2D eigenvalue weighted by molar-refractivity contribution is 7.20. The van der Waals surface area contributed by atoms with Crippen LogP contribution in [0.25, 0.3) is 15.9 Å². The van der Waals surface area contributed by atoms with Crippen LogP contribution in [-0.4, -0.2) is 31.6 Å². The van der Waals surface area contributed by atoms with Crippen molar-refractivity contribution in [2.75, 3.05) is 5.32 Å². The number of hydrogen-bond donors (Lipinski definition) is 1. The first-order chi connectivity index (χ1) is 14.3. The van der Waals surface area contributed by atoms with Crippen molar-refractivity contribution in [1.29, 1.82) is 0 Å². The Hall–Kier alpha value is -3.47. The predicted octanol–water partition coefficient (Wildman–Crippen LogP) is 3.45. The summed E-state index contributed by atoms with van der Waals surface area (Å²) in [7, 11) is 0. The molecule has 0 radical (unpaired) electrons. The SMILES string of the molecule is O=C(N1Cc2ccc(Nc3nn4c(=O)c5ccccc5nc4s3)cc2C1)C(F)(F)F. The number of hydrogen-bond acceptors (Lipinski definition) is 6. The van der Waals surface area contributed by atoms with Gasteiger partial charge >= 0.3 is 12.1 Å². The summed E-state index contributed by atoms with van der Waals surface area (Å²) in [4.78, 5) is 29.7. The number of carbonyl (C=O) groups is 1. The molecule has 0 atom stereocenters. The lowest BCUT2D eigenvalue weighted by molar-refractivity contribution is -0.186. The predicted molar refractivity (Wildman–Crippen MR) is 105 cm³/mol. The largest absolute Gasteiger partial charge is 0.471 e. The van der Waals surface area contributed by atoms with Crippen molar-refractivity contribution >= 4 is 43.9 Å². The van der Waals surface area contributed by atoms with E-state index in [2.05, 4.69) is 15.4 Å². The van der Waals surface area contributed by atoms with E-state index in [0.29, 0.717) is 37.8 Å². The maximum Gasteiger partial charge on any atom is 0.471 e. The average Bonchev–Trinajstić information content (AvgIpc) is 3.30. The summed E-state index contributed by atoms with van der Waals surface area (Å²) in [6, 6.07) is 12.0. The maximum absolute atomic E-state index is 12.7. The molecule has 0 spiro atoms. The molecule has 0 unspecified atom stereocenters. The van der Waals surface area contributed by atoms with Crippen molar-refractivity contribution in [3.8, 4) is 0 Å². The quantitative estimate of drug-likeness (QED) is 0.526. The second kappa shape index (κ2) is 6.52. The van der Waals surface area contributed by atoms with Gasteiger partial charge in [0.25, 0.3) is 5.56 Å². The molecule has 4 aromatic rings. The molecule has 0 saturated carbocycles. The van der Waals surface area contributed by atoms with Crippen LogP contribution in [0, 0.1) is 0 Å². The van der Waals surface area contributed by atoms with Gasteiger partial charge in [-0.25, -0.2) is 4.98 Å². The molecule has 11 heteroatoms. The molecule has 152 valence electrons. The van der Waals surface area contributed by atoms with Crippen LogP contribution in [0.5, 0.6) is 0 Å². The van der Waals surface area contributed by atoms with E-state index >= 15 is 0 Å². The Morgan fingerprint density at radius 2 is 1.87 bits per heavy atom. The van der Waals surface area contributed by atoms with Gasteiger partial charge in [0, 0.05) is 18.8 Å².